The number of rotatable bonds is 5. The standard InChI is InChI=1S/C20H20B3N5O2/c1-28-11-24-10-17(28)13-4-7-16-14(8-13)9-18(27-26-16)25-19(29)12-2-5-15(6-3-12)30-20(21,22)23/h2-11H,21-23H2,1H3,(H,25,27,29). The lowest BCUT2D eigenvalue weighted by Crippen LogP contribution is -2.37. The molecule has 0 aliphatic rings. The zero-order chi connectivity index (χ0) is 21.3. The van der Waals surface area contributed by atoms with E-state index in [1.165, 1.54) is 0 Å². The normalized spacial score (nSPS) is 11.4. The van der Waals surface area contributed by atoms with Crippen LogP contribution >= 0.6 is 0 Å². The third-order valence-corrected chi connectivity index (χ3v) is 4.48. The maximum atomic E-state index is 12.6. The first-order valence-corrected chi connectivity index (χ1v) is 9.63. The van der Waals surface area contributed by atoms with Crippen molar-refractivity contribution in [1.82, 2.24) is 19.7 Å². The highest BCUT2D eigenvalue weighted by Crippen LogP contribution is 2.24. The van der Waals surface area contributed by atoms with Crippen LogP contribution in [0.4, 0.5) is 5.82 Å². The molecule has 2 heterocycles. The quantitative estimate of drug-likeness (QED) is 0.488. The van der Waals surface area contributed by atoms with Crippen molar-refractivity contribution in [1.29, 1.82) is 0 Å². The molecule has 0 atom stereocenters. The Morgan fingerprint density at radius 1 is 1.07 bits per heavy atom. The van der Waals surface area contributed by atoms with E-state index in [4.69, 9.17) is 4.74 Å². The smallest absolute Gasteiger partial charge is 0.256 e. The maximum absolute atomic E-state index is 12.6. The van der Waals surface area contributed by atoms with Crippen molar-refractivity contribution in [3.63, 3.8) is 0 Å². The summed E-state index contributed by atoms with van der Waals surface area (Å²) in [5.41, 5.74) is 3.28. The van der Waals surface area contributed by atoms with Crippen LogP contribution in [0, 0.1) is 0 Å². The van der Waals surface area contributed by atoms with Gasteiger partial charge in [0.05, 0.1) is 23.7 Å². The minimum Gasteiger partial charge on any atom is -0.514 e. The molecule has 0 spiro atoms. The molecule has 1 amide bonds. The molecule has 0 unspecified atom stereocenters. The summed E-state index contributed by atoms with van der Waals surface area (Å²) in [6, 6.07) is 14.7. The molecular formula is C20H20B3N5O2. The Balaban J connectivity index is 1.54. The van der Waals surface area contributed by atoms with E-state index in [9.17, 15) is 4.79 Å². The van der Waals surface area contributed by atoms with Gasteiger partial charge in [0.1, 0.15) is 29.3 Å². The van der Waals surface area contributed by atoms with Gasteiger partial charge < -0.3 is 14.6 Å². The summed E-state index contributed by atoms with van der Waals surface area (Å²) in [7, 11) is 7.88. The average Bonchev–Trinajstić information content (AvgIpc) is 3.12. The van der Waals surface area contributed by atoms with Crippen LogP contribution in [-0.4, -0.2) is 54.5 Å². The third-order valence-electron chi connectivity index (χ3n) is 4.48. The largest absolute Gasteiger partial charge is 0.514 e. The number of ether oxygens (including phenoxy) is 1. The predicted octanol–water partition coefficient (Wildman–Crippen LogP) is 0.172. The lowest BCUT2D eigenvalue weighted by atomic mass is 9.52. The summed E-state index contributed by atoms with van der Waals surface area (Å²) in [6.45, 7) is 0. The molecule has 0 bridgehead atoms. The van der Waals surface area contributed by atoms with Gasteiger partial charge in [-0.1, -0.05) is 6.07 Å². The van der Waals surface area contributed by atoms with Gasteiger partial charge >= 0.3 is 0 Å². The molecule has 10 heteroatoms. The van der Waals surface area contributed by atoms with E-state index in [1.54, 1.807) is 30.6 Å². The number of aryl methyl sites for hydroxylation is 1. The lowest BCUT2D eigenvalue weighted by molar-refractivity contribution is 0.102. The Labute approximate surface area is 177 Å². The first-order chi connectivity index (χ1) is 14.3. The number of carbonyl (C=O) groups excluding carboxylic acids is 1. The number of aromatic nitrogens is 4. The molecule has 0 saturated heterocycles. The second-order valence-corrected chi connectivity index (χ2v) is 8.09. The number of imidazole rings is 1. The molecule has 2 aromatic heterocycles. The van der Waals surface area contributed by atoms with E-state index >= 15 is 0 Å². The van der Waals surface area contributed by atoms with Gasteiger partial charge in [-0.25, -0.2) is 4.98 Å². The monoisotopic (exact) mass is 395 g/mol. The van der Waals surface area contributed by atoms with Gasteiger partial charge in [-0.15, -0.1) is 10.2 Å². The summed E-state index contributed by atoms with van der Waals surface area (Å²) in [4.78, 5) is 16.8. The summed E-state index contributed by atoms with van der Waals surface area (Å²) in [5.74, 6) is 0.852. The number of nitrogens with one attached hydrogen (secondary N) is 1. The summed E-state index contributed by atoms with van der Waals surface area (Å²) in [5, 5.41) is 11.7. The van der Waals surface area contributed by atoms with Gasteiger partial charge in [0.15, 0.2) is 5.82 Å². The van der Waals surface area contributed by atoms with Gasteiger partial charge in [0, 0.05) is 28.9 Å². The Hall–Kier alpha value is -3.55. The minimum atomic E-state index is -0.293. The number of benzene rings is 2. The van der Waals surface area contributed by atoms with Crippen LogP contribution in [0.2, 0.25) is 0 Å². The van der Waals surface area contributed by atoms with Crippen LogP contribution in [0.3, 0.4) is 0 Å². The number of hydrogen-bond donors (Lipinski definition) is 1. The molecule has 4 aromatic rings. The Bertz CT molecular complexity index is 1220. The minimum absolute atomic E-state index is 0.256. The van der Waals surface area contributed by atoms with Crippen molar-refractivity contribution in [3.8, 4) is 17.0 Å². The molecule has 0 fully saturated rings. The molecule has 146 valence electrons. The summed E-state index contributed by atoms with van der Waals surface area (Å²) in [6.07, 6.45) is 3.57. The van der Waals surface area contributed by atoms with Gasteiger partial charge in [0.2, 0.25) is 0 Å². The fraction of sp³-hybridized carbons (Fsp3) is 0.100. The zero-order valence-electron chi connectivity index (χ0n) is 17.4. The molecular weight excluding hydrogens is 375 g/mol. The van der Waals surface area contributed by atoms with E-state index in [1.807, 2.05) is 65.6 Å². The first-order valence-electron chi connectivity index (χ1n) is 9.63. The summed E-state index contributed by atoms with van der Waals surface area (Å²) >= 11 is 0. The number of anilines is 1. The van der Waals surface area contributed by atoms with Crippen molar-refractivity contribution in [2.45, 2.75) is 5.30 Å². The van der Waals surface area contributed by atoms with E-state index in [0.29, 0.717) is 17.1 Å². The van der Waals surface area contributed by atoms with Crippen LogP contribution in [0.5, 0.6) is 5.75 Å². The molecule has 0 saturated carbocycles. The van der Waals surface area contributed by atoms with Crippen LogP contribution in [0.1, 0.15) is 10.4 Å². The first kappa shape index (κ1) is 19.8. The molecule has 2 aromatic carbocycles. The number of nitrogens with zero attached hydrogens (tertiary/aromatic N) is 4. The molecule has 7 nitrogen and oxygen atoms in total. The second-order valence-electron chi connectivity index (χ2n) is 8.09. The topological polar surface area (TPSA) is 81.9 Å². The summed E-state index contributed by atoms with van der Waals surface area (Å²) < 4.78 is 7.74. The SMILES string of the molecule is BC(B)(B)Oc1ccc(C(=O)Nc2cc3cc(-c4cncn4C)ccc3nn2)cc1. The number of fused-ring (bicyclic) bond motifs is 1. The highest BCUT2D eigenvalue weighted by Gasteiger charge is 2.14. The van der Waals surface area contributed by atoms with E-state index in [-0.39, 0.29) is 11.2 Å². The molecule has 0 radical (unpaired) electrons. The fourth-order valence-corrected chi connectivity index (χ4v) is 3.12. The number of hydrogen-bond acceptors (Lipinski definition) is 5. The Morgan fingerprint density at radius 3 is 2.50 bits per heavy atom. The van der Waals surface area contributed by atoms with E-state index in [0.717, 1.165) is 22.2 Å². The molecule has 4 rings (SSSR count). The molecule has 0 aliphatic carbocycles. The molecule has 0 aliphatic heterocycles. The average molecular weight is 395 g/mol. The highest BCUT2D eigenvalue weighted by atomic mass is 16.5. The predicted molar refractivity (Wildman–Crippen MR) is 125 cm³/mol. The van der Waals surface area contributed by atoms with Crippen LogP contribution in [0.25, 0.3) is 22.2 Å². The highest BCUT2D eigenvalue weighted by molar-refractivity contribution is 6.58. The van der Waals surface area contributed by atoms with Crippen molar-refractivity contribution in [2.24, 2.45) is 7.05 Å². The van der Waals surface area contributed by atoms with Crippen molar-refractivity contribution >= 4 is 46.2 Å². The molecule has 30 heavy (non-hydrogen) atoms. The van der Waals surface area contributed by atoms with Crippen molar-refractivity contribution in [2.75, 3.05) is 5.32 Å². The van der Waals surface area contributed by atoms with E-state index < -0.39 is 0 Å². The van der Waals surface area contributed by atoms with Crippen molar-refractivity contribution < 1.29 is 9.53 Å². The number of amides is 1. The zero-order valence-corrected chi connectivity index (χ0v) is 17.4. The van der Waals surface area contributed by atoms with Gasteiger partial charge in [0.25, 0.3) is 5.91 Å². The van der Waals surface area contributed by atoms with Crippen LogP contribution in [-0.2, 0) is 7.05 Å². The Kier molecular flexibility index (Phi) is 5.07. The Morgan fingerprint density at radius 2 is 1.83 bits per heavy atom. The maximum Gasteiger partial charge on any atom is 0.256 e. The van der Waals surface area contributed by atoms with Gasteiger partial charge in [-0.05, 0) is 42.5 Å². The van der Waals surface area contributed by atoms with E-state index in [2.05, 4.69) is 20.5 Å². The van der Waals surface area contributed by atoms with Crippen LogP contribution < -0.4 is 10.1 Å². The van der Waals surface area contributed by atoms with Crippen molar-refractivity contribution in [3.05, 3.63) is 66.6 Å². The molecule has 1 N–H and O–H groups in total. The lowest BCUT2D eigenvalue weighted by Gasteiger charge is -2.21. The van der Waals surface area contributed by atoms with Crippen LogP contribution in [0.15, 0.2) is 61.1 Å². The van der Waals surface area contributed by atoms with Gasteiger partial charge in [-0.2, -0.15) is 0 Å². The number of carbonyl (C=O) groups is 1. The fourth-order valence-electron chi connectivity index (χ4n) is 3.12. The third kappa shape index (κ3) is 4.37. The van der Waals surface area contributed by atoms with Gasteiger partial charge in [-0.3, -0.25) is 4.79 Å². The second kappa shape index (κ2) is 7.70.